The summed E-state index contributed by atoms with van der Waals surface area (Å²) in [6.07, 6.45) is 4.58. The Morgan fingerprint density at radius 3 is 2.85 bits per heavy atom. The number of aromatic nitrogens is 1. The lowest BCUT2D eigenvalue weighted by Crippen LogP contribution is -2.18. The number of nitrogens with one attached hydrogen (secondary N) is 1. The van der Waals surface area contributed by atoms with Crippen LogP contribution in [0, 0.1) is 11.3 Å². The van der Waals surface area contributed by atoms with E-state index in [4.69, 9.17) is 4.74 Å². The molecule has 20 heavy (non-hydrogen) atoms. The molecule has 0 aliphatic carbocycles. The van der Waals surface area contributed by atoms with Crippen molar-refractivity contribution in [3.8, 4) is 6.07 Å². The van der Waals surface area contributed by atoms with E-state index >= 15 is 0 Å². The molecule has 2 rings (SSSR count). The first kappa shape index (κ1) is 14.1. The second-order valence-electron chi connectivity index (χ2n) is 4.99. The van der Waals surface area contributed by atoms with Gasteiger partial charge in [-0.15, -0.1) is 0 Å². The van der Waals surface area contributed by atoms with Crippen LogP contribution in [-0.4, -0.2) is 42.7 Å². The Morgan fingerprint density at radius 1 is 1.50 bits per heavy atom. The third-order valence-electron chi connectivity index (χ3n) is 3.37. The number of nitriles is 1. The van der Waals surface area contributed by atoms with Crippen molar-refractivity contribution in [1.29, 1.82) is 5.26 Å². The van der Waals surface area contributed by atoms with Crippen molar-refractivity contribution in [2.24, 2.45) is 0 Å². The molecule has 6 heteroatoms. The number of fused-ring (bicyclic) bond motifs is 1. The van der Waals surface area contributed by atoms with Gasteiger partial charge in [-0.3, -0.25) is 4.58 Å². The normalized spacial score (nSPS) is 13.1. The van der Waals surface area contributed by atoms with Gasteiger partial charge in [0.15, 0.2) is 11.4 Å². The molecule has 1 aliphatic rings. The minimum absolute atomic E-state index is 0.413. The van der Waals surface area contributed by atoms with E-state index in [-0.39, 0.29) is 0 Å². The summed E-state index contributed by atoms with van der Waals surface area (Å²) in [4.78, 5) is 12.1. The number of ether oxygens (including phenoxy) is 1. The molecule has 1 aliphatic heterocycles. The van der Waals surface area contributed by atoms with Gasteiger partial charge in [0.1, 0.15) is 11.6 Å². The van der Waals surface area contributed by atoms with Gasteiger partial charge in [0.2, 0.25) is 6.34 Å². The fraction of sp³-hybridized carbons (Fsp3) is 0.500. The van der Waals surface area contributed by atoms with Gasteiger partial charge in [-0.2, -0.15) is 5.26 Å². The summed E-state index contributed by atoms with van der Waals surface area (Å²) in [6, 6.07) is 2.22. The Morgan fingerprint density at radius 2 is 2.25 bits per heavy atom. The molecule has 6 nitrogen and oxygen atoms in total. The van der Waals surface area contributed by atoms with Crippen LogP contribution < -0.4 is 5.32 Å². The number of carbonyl (C=O) groups excluding carboxylic acids is 1. The second kappa shape index (κ2) is 5.78. The van der Waals surface area contributed by atoms with Gasteiger partial charge in [-0.25, -0.2) is 10.1 Å². The Balaban J connectivity index is 2.62. The average Bonchev–Trinajstić information content (AvgIpc) is 2.77. The Bertz CT molecular complexity index is 604. The quantitative estimate of drug-likeness (QED) is 0.389. The number of nitrogens with zero attached hydrogens (tertiary/aromatic N) is 3. The van der Waals surface area contributed by atoms with Gasteiger partial charge in [0.25, 0.3) is 0 Å². The predicted octanol–water partition coefficient (Wildman–Crippen LogP) is 1.19. The summed E-state index contributed by atoms with van der Waals surface area (Å²) in [6.45, 7) is 0.748. The van der Waals surface area contributed by atoms with Gasteiger partial charge in [0.05, 0.1) is 21.2 Å². The molecular formula is C14H19N4O2+. The fourth-order valence-corrected chi connectivity index (χ4v) is 2.50. The summed E-state index contributed by atoms with van der Waals surface area (Å²) >= 11 is 0. The van der Waals surface area contributed by atoms with Crippen molar-refractivity contribution in [3.05, 3.63) is 17.0 Å². The summed E-state index contributed by atoms with van der Waals surface area (Å²) in [5.41, 5.74) is 2.46. The average molecular weight is 275 g/mol. The molecule has 0 aromatic carbocycles. The first-order valence-electron chi connectivity index (χ1n) is 6.60. The molecule has 0 radical (unpaired) electrons. The molecule has 0 amide bonds. The number of rotatable bonds is 3. The molecule has 1 N–H and O–H groups in total. The van der Waals surface area contributed by atoms with Crippen LogP contribution in [0.2, 0.25) is 0 Å². The van der Waals surface area contributed by atoms with Gasteiger partial charge in [0, 0.05) is 12.2 Å². The zero-order valence-electron chi connectivity index (χ0n) is 12.1. The van der Waals surface area contributed by atoms with Crippen molar-refractivity contribution < 1.29 is 14.1 Å². The highest BCUT2D eigenvalue weighted by Crippen LogP contribution is 2.32. The maximum absolute atomic E-state index is 12.1. The highest BCUT2D eigenvalue weighted by Gasteiger charge is 2.31. The molecule has 0 saturated heterocycles. The van der Waals surface area contributed by atoms with Crippen LogP contribution >= 0.6 is 0 Å². The zero-order chi connectivity index (χ0) is 14.7. The van der Waals surface area contributed by atoms with E-state index in [1.54, 1.807) is 6.34 Å². The molecular weight excluding hydrogens is 256 g/mol. The SMILES string of the molecule is COC(=O)c1c(NC=[N+](C)C)c(C#N)c2n1CCCC2. The molecule has 0 unspecified atom stereocenters. The second-order valence-corrected chi connectivity index (χ2v) is 4.99. The van der Waals surface area contributed by atoms with Crippen LogP contribution in [-0.2, 0) is 17.7 Å². The lowest BCUT2D eigenvalue weighted by Gasteiger charge is -2.16. The van der Waals surface area contributed by atoms with Crippen LogP contribution in [0.5, 0.6) is 0 Å². The topological polar surface area (TPSA) is 70.1 Å². The van der Waals surface area contributed by atoms with E-state index in [9.17, 15) is 10.1 Å². The lowest BCUT2D eigenvalue weighted by atomic mass is 10.1. The number of anilines is 1. The summed E-state index contributed by atoms with van der Waals surface area (Å²) in [5, 5.41) is 12.5. The zero-order valence-corrected chi connectivity index (χ0v) is 12.1. The highest BCUT2D eigenvalue weighted by atomic mass is 16.5. The Hall–Kier alpha value is -2.29. The van der Waals surface area contributed by atoms with Gasteiger partial charge >= 0.3 is 5.97 Å². The first-order valence-corrected chi connectivity index (χ1v) is 6.60. The standard InChI is InChI=1S/C14H18N4O2/c1-17(2)9-16-12-10(8-15)11-6-4-5-7-18(11)13(12)14(19)20-3/h9H,4-7H2,1-3H3/p+1. The molecule has 0 saturated carbocycles. The van der Waals surface area contributed by atoms with Gasteiger partial charge < -0.3 is 9.30 Å². The monoisotopic (exact) mass is 275 g/mol. The first-order chi connectivity index (χ1) is 9.60. The Labute approximate surface area is 118 Å². The van der Waals surface area contributed by atoms with Crippen LogP contribution in [0.15, 0.2) is 0 Å². The maximum atomic E-state index is 12.1. The highest BCUT2D eigenvalue weighted by molar-refractivity contribution is 5.99. The number of carbonyl (C=O) groups is 1. The van der Waals surface area contributed by atoms with Crippen molar-refractivity contribution in [2.75, 3.05) is 26.5 Å². The number of hydrogen-bond donors (Lipinski definition) is 1. The van der Waals surface area contributed by atoms with Crippen molar-refractivity contribution >= 4 is 18.0 Å². The summed E-state index contributed by atoms with van der Waals surface area (Å²) in [7, 11) is 5.09. The van der Waals surface area contributed by atoms with Crippen LogP contribution in [0.1, 0.15) is 34.6 Å². The predicted molar refractivity (Wildman–Crippen MR) is 75.2 cm³/mol. The molecule has 1 aromatic heterocycles. The smallest absolute Gasteiger partial charge is 0.359 e. The minimum atomic E-state index is -0.413. The van der Waals surface area contributed by atoms with E-state index in [1.807, 2.05) is 23.2 Å². The van der Waals surface area contributed by atoms with E-state index in [1.165, 1.54) is 7.11 Å². The lowest BCUT2D eigenvalue weighted by molar-refractivity contribution is -0.459. The van der Waals surface area contributed by atoms with E-state index in [2.05, 4.69) is 11.4 Å². The van der Waals surface area contributed by atoms with Crippen molar-refractivity contribution in [1.82, 2.24) is 4.57 Å². The molecule has 106 valence electrons. The third-order valence-corrected chi connectivity index (χ3v) is 3.37. The molecule has 1 aromatic rings. The fourth-order valence-electron chi connectivity index (χ4n) is 2.50. The molecule has 0 bridgehead atoms. The third kappa shape index (κ3) is 2.39. The van der Waals surface area contributed by atoms with E-state index < -0.39 is 5.97 Å². The number of esters is 1. The van der Waals surface area contributed by atoms with Crippen molar-refractivity contribution in [3.63, 3.8) is 0 Å². The van der Waals surface area contributed by atoms with Gasteiger partial charge in [-0.05, 0) is 19.3 Å². The number of hydrogen-bond acceptors (Lipinski definition) is 3. The molecule has 2 heterocycles. The van der Waals surface area contributed by atoms with E-state index in [0.29, 0.717) is 16.9 Å². The summed E-state index contributed by atoms with van der Waals surface area (Å²) in [5.74, 6) is -0.413. The maximum Gasteiger partial charge on any atom is 0.359 e. The van der Waals surface area contributed by atoms with Crippen LogP contribution in [0.3, 0.4) is 0 Å². The molecule has 0 spiro atoms. The number of methoxy groups -OCH3 is 1. The molecule has 0 fully saturated rings. The Kier molecular flexibility index (Phi) is 4.08. The summed E-state index contributed by atoms with van der Waals surface area (Å²) < 4.78 is 8.61. The van der Waals surface area contributed by atoms with Crippen molar-refractivity contribution in [2.45, 2.75) is 25.8 Å². The minimum Gasteiger partial charge on any atom is -0.464 e. The van der Waals surface area contributed by atoms with Crippen LogP contribution in [0.25, 0.3) is 0 Å². The van der Waals surface area contributed by atoms with Crippen LogP contribution in [0.4, 0.5) is 5.69 Å². The van der Waals surface area contributed by atoms with E-state index in [0.717, 1.165) is 31.5 Å². The largest absolute Gasteiger partial charge is 0.464 e. The molecule has 0 atom stereocenters. The van der Waals surface area contributed by atoms with Gasteiger partial charge in [-0.1, -0.05) is 0 Å².